The molecule has 21 heavy (non-hydrogen) atoms. The minimum Gasteiger partial charge on any atom is -0.352 e. The van der Waals surface area contributed by atoms with Gasteiger partial charge in [-0.15, -0.1) is 0 Å². The lowest BCUT2D eigenvalue weighted by atomic mass is 10.1. The van der Waals surface area contributed by atoms with Crippen LogP contribution in [0.2, 0.25) is 5.02 Å². The Morgan fingerprint density at radius 1 is 1.00 bits per heavy atom. The molecule has 0 radical (unpaired) electrons. The van der Waals surface area contributed by atoms with Crippen molar-refractivity contribution in [1.82, 2.24) is 5.32 Å². The van der Waals surface area contributed by atoms with Gasteiger partial charge < -0.3 is 5.32 Å². The highest BCUT2D eigenvalue weighted by molar-refractivity contribution is 6.30. The molecule has 0 unspecified atom stereocenters. The average Bonchev–Trinajstić information content (AvgIpc) is 2.49. The van der Waals surface area contributed by atoms with Crippen molar-refractivity contribution in [3.8, 4) is 0 Å². The smallest absolute Gasteiger partial charge is 0.251 e. The molecule has 0 spiro atoms. The van der Waals surface area contributed by atoms with Gasteiger partial charge in [0.15, 0.2) is 0 Å². The van der Waals surface area contributed by atoms with Gasteiger partial charge in [-0.05, 0) is 24.6 Å². The number of amides is 1. The number of halogens is 1. The van der Waals surface area contributed by atoms with Crippen molar-refractivity contribution in [2.45, 2.75) is 64.7 Å². The number of carbonyl (C=O) groups excluding carboxylic acids is 1. The van der Waals surface area contributed by atoms with Gasteiger partial charge in [0.1, 0.15) is 0 Å². The van der Waals surface area contributed by atoms with Gasteiger partial charge >= 0.3 is 0 Å². The lowest BCUT2D eigenvalue weighted by Gasteiger charge is -2.05. The van der Waals surface area contributed by atoms with Crippen LogP contribution in [0.4, 0.5) is 0 Å². The van der Waals surface area contributed by atoms with Gasteiger partial charge in [-0.3, -0.25) is 4.79 Å². The number of hydrogen-bond donors (Lipinski definition) is 1. The average molecular weight is 310 g/mol. The molecule has 0 heterocycles. The van der Waals surface area contributed by atoms with Crippen LogP contribution in [0.1, 0.15) is 75.1 Å². The van der Waals surface area contributed by atoms with Crippen LogP contribution in [0.5, 0.6) is 0 Å². The maximum atomic E-state index is 11.9. The largest absolute Gasteiger partial charge is 0.352 e. The van der Waals surface area contributed by atoms with E-state index in [4.69, 9.17) is 11.6 Å². The van der Waals surface area contributed by atoms with E-state index in [1.54, 1.807) is 24.3 Å². The zero-order chi connectivity index (χ0) is 15.3. The monoisotopic (exact) mass is 309 g/mol. The quantitative estimate of drug-likeness (QED) is 0.530. The first-order valence-corrected chi connectivity index (χ1v) is 8.65. The Morgan fingerprint density at radius 2 is 1.62 bits per heavy atom. The van der Waals surface area contributed by atoms with E-state index in [0.29, 0.717) is 10.6 Å². The summed E-state index contributed by atoms with van der Waals surface area (Å²) in [6.45, 7) is 3.00. The molecule has 0 aliphatic carbocycles. The Morgan fingerprint density at radius 3 is 2.24 bits per heavy atom. The third-order valence-electron chi connectivity index (χ3n) is 3.65. The minimum absolute atomic E-state index is 0.0305. The normalized spacial score (nSPS) is 10.6. The Labute approximate surface area is 134 Å². The van der Waals surface area contributed by atoms with E-state index in [-0.39, 0.29) is 5.91 Å². The van der Waals surface area contributed by atoms with E-state index in [0.717, 1.165) is 13.0 Å². The molecule has 0 aliphatic rings. The summed E-state index contributed by atoms with van der Waals surface area (Å²) in [5.74, 6) is -0.0305. The Kier molecular flexibility index (Phi) is 9.98. The molecule has 0 saturated carbocycles. The van der Waals surface area contributed by atoms with Gasteiger partial charge in [-0.25, -0.2) is 0 Å². The van der Waals surface area contributed by atoms with Crippen LogP contribution in [0.15, 0.2) is 24.3 Å². The molecule has 0 fully saturated rings. The lowest BCUT2D eigenvalue weighted by molar-refractivity contribution is 0.0953. The van der Waals surface area contributed by atoms with Gasteiger partial charge in [0, 0.05) is 17.1 Å². The molecule has 1 aromatic rings. The fourth-order valence-corrected chi connectivity index (χ4v) is 2.56. The lowest BCUT2D eigenvalue weighted by Crippen LogP contribution is -2.24. The second-order valence-electron chi connectivity index (χ2n) is 5.59. The first-order valence-electron chi connectivity index (χ1n) is 8.28. The second-order valence-corrected chi connectivity index (χ2v) is 6.03. The summed E-state index contributed by atoms with van der Waals surface area (Å²) in [6, 6.07) is 7.07. The fraction of sp³-hybridized carbons (Fsp3) is 0.611. The highest BCUT2D eigenvalue weighted by atomic mass is 35.5. The van der Waals surface area contributed by atoms with Crippen molar-refractivity contribution in [2.75, 3.05) is 6.54 Å². The van der Waals surface area contributed by atoms with Gasteiger partial charge in [-0.2, -0.15) is 0 Å². The third kappa shape index (κ3) is 8.77. The third-order valence-corrected chi connectivity index (χ3v) is 3.89. The molecule has 1 N–H and O–H groups in total. The molecule has 0 bridgehead atoms. The molecule has 0 aliphatic heterocycles. The SMILES string of the molecule is CCCCCCCCCCCNC(=O)c1cccc(Cl)c1. The van der Waals surface area contributed by atoms with E-state index in [9.17, 15) is 4.79 Å². The minimum atomic E-state index is -0.0305. The van der Waals surface area contributed by atoms with Crippen LogP contribution in [0.3, 0.4) is 0 Å². The predicted octanol–water partition coefficient (Wildman–Crippen LogP) is 5.60. The van der Waals surface area contributed by atoms with Crippen LogP contribution in [-0.4, -0.2) is 12.5 Å². The van der Waals surface area contributed by atoms with Crippen LogP contribution in [-0.2, 0) is 0 Å². The van der Waals surface area contributed by atoms with Gasteiger partial charge in [0.05, 0.1) is 0 Å². The summed E-state index contributed by atoms with van der Waals surface area (Å²) in [4.78, 5) is 11.9. The van der Waals surface area contributed by atoms with Crippen molar-refractivity contribution >= 4 is 17.5 Å². The zero-order valence-electron chi connectivity index (χ0n) is 13.2. The second kappa shape index (κ2) is 11.6. The van der Waals surface area contributed by atoms with Crippen molar-refractivity contribution in [2.24, 2.45) is 0 Å². The van der Waals surface area contributed by atoms with Crippen LogP contribution < -0.4 is 5.32 Å². The van der Waals surface area contributed by atoms with Gasteiger partial charge in [0.2, 0.25) is 0 Å². The van der Waals surface area contributed by atoms with Crippen molar-refractivity contribution in [3.63, 3.8) is 0 Å². The fourth-order valence-electron chi connectivity index (χ4n) is 2.37. The Bertz CT molecular complexity index is 406. The van der Waals surface area contributed by atoms with Gasteiger partial charge in [-0.1, -0.05) is 76.0 Å². The molecule has 1 aromatic carbocycles. The summed E-state index contributed by atoms with van der Waals surface area (Å²) >= 11 is 5.87. The summed E-state index contributed by atoms with van der Waals surface area (Å²) in [7, 11) is 0. The first kappa shape index (κ1) is 18.0. The first-order chi connectivity index (χ1) is 10.2. The topological polar surface area (TPSA) is 29.1 Å². The van der Waals surface area contributed by atoms with E-state index >= 15 is 0 Å². The van der Waals surface area contributed by atoms with Crippen LogP contribution in [0.25, 0.3) is 0 Å². The number of unbranched alkanes of at least 4 members (excludes halogenated alkanes) is 8. The Hall–Kier alpha value is -1.02. The summed E-state index contributed by atoms with van der Waals surface area (Å²) in [5, 5.41) is 3.55. The highest BCUT2D eigenvalue weighted by Gasteiger charge is 2.04. The molecule has 118 valence electrons. The van der Waals surface area contributed by atoms with E-state index in [2.05, 4.69) is 12.2 Å². The molecule has 0 saturated heterocycles. The van der Waals surface area contributed by atoms with Crippen molar-refractivity contribution in [1.29, 1.82) is 0 Å². The number of hydrogen-bond acceptors (Lipinski definition) is 1. The number of benzene rings is 1. The predicted molar refractivity (Wildman–Crippen MR) is 91.0 cm³/mol. The zero-order valence-corrected chi connectivity index (χ0v) is 13.9. The molecule has 1 amide bonds. The van der Waals surface area contributed by atoms with Crippen LogP contribution >= 0.6 is 11.6 Å². The van der Waals surface area contributed by atoms with Crippen LogP contribution in [0, 0.1) is 0 Å². The van der Waals surface area contributed by atoms with Crippen molar-refractivity contribution < 1.29 is 4.79 Å². The number of carbonyl (C=O) groups is 1. The molecule has 0 aromatic heterocycles. The maximum absolute atomic E-state index is 11.9. The molecule has 2 nitrogen and oxygen atoms in total. The molecular formula is C18H28ClNO. The molecule has 3 heteroatoms. The highest BCUT2D eigenvalue weighted by Crippen LogP contribution is 2.11. The van der Waals surface area contributed by atoms with E-state index < -0.39 is 0 Å². The van der Waals surface area contributed by atoms with E-state index in [1.165, 1.54) is 51.4 Å². The summed E-state index contributed by atoms with van der Waals surface area (Å²) in [6.07, 6.45) is 11.7. The van der Waals surface area contributed by atoms with E-state index in [1.807, 2.05) is 0 Å². The molecule has 0 atom stereocenters. The standard InChI is InChI=1S/C18H28ClNO/c1-2-3-4-5-6-7-8-9-10-14-20-18(21)16-12-11-13-17(19)15-16/h11-13,15H,2-10,14H2,1H3,(H,20,21). The maximum Gasteiger partial charge on any atom is 0.251 e. The number of nitrogens with one attached hydrogen (secondary N) is 1. The number of rotatable bonds is 11. The van der Waals surface area contributed by atoms with Crippen molar-refractivity contribution in [3.05, 3.63) is 34.9 Å². The molecular weight excluding hydrogens is 282 g/mol. The summed E-state index contributed by atoms with van der Waals surface area (Å²) in [5.41, 5.74) is 0.637. The summed E-state index contributed by atoms with van der Waals surface area (Å²) < 4.78 is 0. The Balaban J connectivity index is 1.98. The molecule has 1 rings (SSSR count). The van der Waals surface area contributed by atoms with Gasteiger partial charge in [0.25, 0.3) is 5.91 Å².